The van der Waals surface area contributed by atoms with Crippen LogP contribution in [0.5, 0.6) is 0 Å². The second-order valence-electron chi connectivity index (χ2n) is 7.85. The molecule has 1 saturated carbocycles. The van der Waals surface area contributed by atoms with E-state index in [-0.39, 0.29) is 23.4 Å². The Hall–Kier alpha value is -2.34. The van der Waals surface area contributed by atoms with Crippen LogP contribution in [0, 0.1) is 13.8 Å². The summed E-state index contributed by atoms with van der Waals surface area (Å²) >= 11 is 0. The standard InChI is InChI=1S/C23H30N2O3S/c1-18-14-15-21(16-19(18)2)25(29(27,28)22-12-8-5-9-13-22)17-23(26)24-20-10-6-3-4-7-11-20/h5,8-9,12-16,20H,3-4,6-7,10-11,17H2,1-2H3,(H,24,26). The molecule has 3 rings (SSSR count). The summed E-state index contributed by atoms with van der Waals surface area (Å²) in [6.07, 6.45) is 6.52. The van der Waals surface area contributed by atoms with Crippen LogP contribution in [-0.4, -0.2) is 26.9 Å². The Morgan fingerprint density at radius 3 is 2.24 bits per heavy atom. The molecule has 0 aliphatic heterocycles. The van der Waals surface area contributed by atoms with Gasteiger partial charge in [-0.15, -0.1) is 0 Å². The molecule has 1 fully saturated rings. The number of nitrogens with zero attached hydrogens (tertiary/aromatic N) is 1. The van der Waals surface area contributed by atoms with E-state index in [1.165, 1.54) is 17.1 Å². The van der Waals surface area contributed by atoms with Gasteiger partial charge in [0.05, 0.1) is 10.6 Å². The molecular weight excluding hydrogens is 384 g/mol. The highest BCUT2D eigenvalue weighted by Gasteiger charge is 2.28. The van der Waals surface area contributed by atoms with Crippen molar-refractivity contribution < 1.29 is 13.2 Å². The molecule has 1 aliphatic rings. The minimum absolute atomic E-state index is 0.131. The smallest absolute Gasteiger partial charge is 0.264 e. The average molecular weight is 415 g/mol. The summed E-state index contributed by atoms with van der Waals surface area (Å²) in [6, 6.07) is 13.9. The van der Waals surface area contributed by atoms with Crippen molar-refractivity contribution >= 4 is 21.6 Å². The first-order valence-corrected chi connectivity index (χ1v) is 11.8. The molecule has 156 valence electrons. The van der Waals surface area contributed by atoms with Gasteiger partial charge in [-0.1, -0.05) is 49.9 Å². The lowest BCUT2D eigenvalue weighted by Gasteiger charge is -2.26. The Morgan fingerprint density at radius 1 is 0.966 bits per heavy atom. The third-order valence-corrected chi connectivity index (χ3v) is 7.41. The van der Waals surface area contributed by atoms with Crippen LogP contribution in [0.1, 0.15) is 49.7 Å². The molecule has 0 heterocycles. The summed E-state index contributed by atoms with van der Waals surface area (Å²) in [5.41, 5.74) is 2.57. The van der Waals surface area contributed by atoms with Crippen LogP contribution < -0.4 is 9.62 Å². The number of benzene rings is 2. The van der Waals surface area contributed by atoms with E-state index in [9.17, 15) is 13.2 Å². The van der Waals surface area contributed by atoms with Gasteiger partial charge in [-0.05, 0) is 62.1 Å². The summed E-state index contributed by atoms with van der Waals surface area (Å²) < 4.78 is 27.9. The van der Waals surface area contributed by atoms with Gasteiger partial charge in [0, 0.05) is 6.04 Å². The van der Waals surface area contributed by atoms with Crippen molar-refractivity contribution in [2.24, 2.45) is 0 Å². The predicted molar refractivity (Wildman–Crippen MR) is 117 cm³/mol. The number of amides is 1. The first-order chi connectivity index (χ1) is 13.9. The van der Waals surface area contributed by atoms with Gasteiger partial charge in [0.1, 0.15) is 6.54 Å². The van der Waals surface area contributed by atoms with Crippen LogP contribution in [0.2, 0.25) is 0 Å². The maximum absolute atomic E-state index is 13.4. The van der Waals surface area contributed by atoms with Crippen molar-refractivity contribution in [3.8, 4) is 0 Å². The minimum Gasteiger partial charge on any atom is -0.352 e. The molecule has 0 radical (unpaired) electrons. The quantitative estimate of drug-likeness (QED) is 0.715. The number of hydrogen-bond acceptors (Lipinski definition) is 3. The Kier molecular flexibility index (Phi) is 6.96. The lowest BCUT2D eigenvalue weighted by molar-refractivity contribution is -0.120. The van der Waals surface area contributed by atoms with Gasteiger partial charge in [0.25, 0.3) is 10.0 Å². The second kappa shape index (κ2) is 9.44. The fourth-order valence-corrected chi connectivity index (χ4v) is 5.18. The van der Waals surface area contributed by atoms with Crippen LogP contribution in [0.4, 0.5) is 5.69 Å². The van der Waals surface area contributed by atoms with Crippen LogP contribution in [-0.2, 0) is 14.8 Å². The van der Waals surface area contributed by atoms with E-state index in [4.69, 9.17) is 0 Å². The number of sulfonamides is 1. The molecule has 2 aromatic rings. The highest BCUT2D eigenvalue weighted by atomic mass is 32.2. The number of nitrogens with one attached hydrogen (secondary N) is 1. The molecule has 0 bridgehead atoms. The third-order valence-electron chi connectivity index (χ3n) is 5.62. The predicted octanol–water partition coefficient (Wildman–Crippen LogP) is 4.34. The highest BCUT2D eigenvalue weighted by molar-refractivity contribution is 7.92. The lowest BCUT2D eigenvalue weighted by Crippen LogP contribution is -2.44. The van der Waals surface area contributed by atoms with E-state index in [0.717, 1.165) is 36.8 Å². The summed E-state index contributed by atoms with van der Waals surface area (Å²) in [5, 5.41) is 3.06. The van der Waals surface area contributed by atoms with Crippen molar-refractivity contribution in [2.75, 3.05) is 10.8 Å². The van der Waals surface area contributed by atoms with Crippen molar-refractivity contribution in [1.82, 2.24) is 5.32 Å². The van der Waals surface area contributed by atoms with Gasteiger partial charge in [-0.2, -0.15) is 0 Å². The van der Waals surface area contributed by atoms with Crippen LogP contribution in [0.3, 0.4) is 0 Å². The van der Waals surface area contributed by atoms with Gasteiger partial charge in [-0.3, -0.25) is 9.10 Å². The zero-order valence-electron chi connectivity index (χ0n) is 17.2. The molecule has 5 nitrogen and oxygen atoms in total. The molecule has 0 spiro atoms. The summed E-state index contributed by atoms with van der Waals surface area (Å²) in [4.78, 5) is 13.0. The highest BCUT2D eigenvalue weighted by Crippen LogP contribution is 2.26. The SMILES string of the molecule is Cc1ccc(N(CC(=O)NC2CCCCCC2)S(=O)(=O)c2ccccc2)cc1C. The van der Waals surface area contributed by atoms with E-state index in [0.29, 0.717) is 5.69 Å². The van der Waals surface area contributed by atoms with Gasteiger partial charge < -0.3 is 5.32 Å². The minimum atomic E-state index is -3.85. The molecule has 2 aromatic carbocycles. The first-order valence-electron chi connectivity index (χ1n) is 10.3. The number of rotatable bonds is 6. The van der Waals surface area contributed by atoms with E-state index >= 15 is 0 Å². The Bertz CT molecular complexity index is 934. The molecule has 1 N–H and O–H groups in total. The maximum Gasteiger partial charge on any atom is 0.264 e. The van der Waals surface area contributed by atoms with Crippen LogP contribution in [0.15, 0.2) is 53.4 Å². The van der Waals surface area contributed by atoms with E-state index in [2.05, 4.69) is 5.32 Å². The molecule has 0 aromatic heterocycles. The number of carbonyl (C=O) groups excluding carboxylic acids is 1. The maximum atomic E-state index is 13.4. The Morgan fingerprint density at radius 2 is 1.62 bits per heavy atom. The Balaban J connectivity index is 1.88. The van der Waals surface area contributed by atoms with E-state index in [1.54, 1.807) is 36.4 Å². The summed E-state index contributed by atoms with van der Waals surface area (Å²) in [5.74, 6) is -0.255. The number of anilines is 1. The summed E-state index contributed by atoms with van der Waals surface area (Å²) in [7, 11) is -3.85. The van der Waals surface area contributed by atoms with Gasteiger partial charge in [-0.25, -0.2) is 8.42 Å². The van der Waals surface area contributed by atoms with Gasteiger partial charge in [0.15, 0.2) is 0 Å². The molecule has 0 unspecified atom stereocenters. The molecular formula is C23H30N2O3S. The summed E-state index contributed by atoms with van der Waals surface area (Å²) in [6.45, 7) is 3.70. The zero-order valence-corrected chi connectivity index (χ0v) is 18.0. The number of carbonyl (C=O) groups is 1. The second-order valence-corrected chi connectivity index (χ2v) is 9.71. The van der Waals surface area contributed by atoms with Crippen molar-refractivity contribution in [3.05, 3.63) is 59.7 Å². The molecule has 1 amide bonds. The van der Waals surface area contributed by atoms with E-state index in [1.807, 2.05) is 26.0 Å². The molecule has 29 heavy (non-hydrogen) atoms. The van der Waals surface area contributed by atoms with Crippen molar-refractivity contribution in [2.45, 2.75) is 63.3 Å². The number of hydrogen-bond donors (Lipinski definition) is 1. The third kappa shape index (κ3) is 5.38. The zero-order chi connectivity index (χ0) is 20.9. The van der Waals surface area contributed by atoms with Crippen LogP contribution in [0.25, 0.3) is 0 Å². The van der Waals surface area contributed by atoms with Crippen molar-refractivity contribution in [3.63, 3.8) is 0 Å². The average Bonchev–Trinajstić information content (AvgIpc) is 2.97. The first kappa shape index (κ1) is 21.4. The molecule has 0 atom stereocenters. The van der Waals surface area contributed by atoms with Gasteiger partial charge >= 0.3 is 0 Å². The molecule has 0 saturated heterocycles. The Labute approximate surface area is 174 Å². The van der Waals surface area contributed by atoms with Crippen LogP contribution >= 0.6 is 0 Å². The normalized spacial score (nSPS) is 15.5. The fraction of sp³-hybridized carbons (Fsp3) is 0.435. The lowest BCUT2D eigenvalue weighted by atomic mass is 10.1. The molecule has 1 aliphatic carbocycles. The molecule has 6 heteroatoms. The topological polar surface area (TPSA) is 66.5 Å². The van der Waals surface area contributed by atoms with Gasteiger partial charge in [0.2, 0.25) is 5.91 Å². The van der Waals surface area contributed by atoms with Crippen molar-refractivity contribution in [1.29, 1.82) is 0 Å². The largest absolute Gasteiger partial charge is 0.352 e. The van der Waals surface area contributed by atoms with E-state index < -0.39 is 10.0 Å². The monoisotopic (exact) mass is 414 g/mol. The fourth-order valence-electron chi connectivity index (χ4n) is 3.74. The number of aryl methyl sites for hydroxylation is 2.